The Kier molecular flexibility index (Phi) is 9.22. The fourth-order valence-electron chi connectivity index (χ4n) is 5.16. The smallest absolute Gasteiger partial charge is 0.280 e. The molecule has 4 heterocycles. The minimum absolute atomic E-state index is 0.294. The number of hydrogen-bond acceptors (Lipinski definition) is 10. The van der Waals surface area contributed by atoms with E-state index in [1.54, 1.807) is 36.9 Å². The van der Waals surface area contributed by atoms with Gasteiger partial charge in [0.15, 0.2) is 5.01 Å². The third kappa shape index (κ3) is 7.12. The second-order valence-corrected chi connectivity index (χ2v) is 13.1. The maximum Gasteiger partial charge on any atom is 0.280 e. The number of likely N-dealkylation sites (tertiary alicyclic amines) is 1. The average Bonchev–Trinajstić information content (AvgIpc) is 3.75. The summed E-state index contributed by atoms with van der Waals surface area (Å²) in [6.45, 7) is 5.22. The predicted octanol–water partition coefficient (Wildman–Crippen LogP) is 4.04. The highest BCUT2D eigenvalue weighted by molar-refractivity contribution is 7.93. The molecular weight excluding hydrogens is 550 g/mol. The van der Waals surface area contributed by atoms with Gasteiger partial charge >= 0.3 is 0 Å². The van der Waals surface area contributed by atoms with Gasteiger partial charge in [0.25, 0.3) is 5.91 Å². The summed E-state index contributed by atoms with van der Waals surface area (Å²) < 4.78 is 34.0. The van der Waals surface area contributed by atoms with Gasteiger partial charge in [0, 0.05) is 18.9 Å². The van der Waals surface area contributed by atoms with E-state index in [4.69, 9.17) is 4.74 Å². The van der Waals surface area contributed by atoms with Crippen molar-refractivity contribution in [3.05, 3.63) is 47.6 Å². The molecule has 3 aromatic rings. The van der Waals surface area contributed by atoms with E-state index in [1.807, 2.05) is 6.92 Å². The lowest BCUT2D eigenvalue weighted by molar-refractivity contribution is 0.0930. The highest BCUT2D eigenvalue weighted by Gasteiger charge is 2.29. The van der Waals surface area contributed by atoms with E-state index in [1.165, 1.54) is 24.2 Å². The van der Waals surface area contributed by atoms with E-state index in [2.05, 4.69) is 34.9 Å². The van der Waals surface area contributed by atoms with Crippen LogP contribution >= 0.6 is 11.3 Å². The first-order valence-corrected chi connectivity index (χ1v) is 16.2. The molecule has 0 unspecified atom stereocenters. The molecule has 1 saturated carbocycles. The number of carbonyl (C=O) groups excluding carboxylic acids is 1. The number of carbonyl (C=O) groups is 1. The van der Waals surface area contributed by atoms with Crippen LogP contribution in [0.4, 0.5) is 5.69 Å². The zero-order valence-electron chi connectivity index (χ0n) is 22.6. The van der Waals surface area contributed by atoms with Crippen molar-refractivity contribution in [3.63, 3.8) is 0 Å². The van der Waals surface area contributed by atoms with Gasteiger partial charge in [-0.25, -0.2) is 18.4 Å². The number of pyridine rings is 1. The molecule has 40 heavy (non-hydrogen) atoms. The standard InChI is InChI=1S/C27H35N7O4S2/c1-2-38-25-18-28-16-23(31-25)24-17-30-27(39-24)26(35)32-21(10-14-34-12-5-6-13-34)22-15-19(9-11-29-22)33-40(36,37)20-7-3-4-8-20/h9,11,15-18,20-21H,2-8,10,12-14H2,1H3,(H,29,33)(H,32,35)/t21-/m0/s1. The number of nitrogens with one attached hydrogen (secondary N) is 2. The summed E-state index contributed by atoms with van der Waals surface area (Å²) in [5.74, 6) is 0.0891. The second-order valence-electron chi connectivity index (χ2n) is 10.1. The van der Waals surface area contributed by atoms with E-state index in [9.17, 15) is 13.2 Å². The number of aromatic nitrogens is 4. The second kappa shape index (κ2) is 13.0. The molecule has 0 spiro atoms. The Morgan fingerprint density at radius 1 is 1.15 bits per heavy atom. The van der Waals surface area contributed by atoms with Crippen molar-refractivity contribution in [3.8, 4) is 16.5 Å². The average molecular weight is 586 g/mol. The zero-order chi connectivity index (χ0) is 28.0. The summed E-state index contributed by atoms with van der Waals surface area (Å²) in [5.41, 5.74) is 1.64. The third-order valence-corrected chi connectivity index (χ3v) is 10.1. The maximum atomic E-state index is 13.3. The van der Waals surface area contributed by atoms with Crippen LogP contribution in [0.25, 0.3) is 10.6 Å². The third-order valence-electron chi connectivity index (χ3n) is 7.23. The molecule has 5 rings (SSSR count). The maximum absolute atomic E-state index is 13.3. The van der Waals surface area contributed by atoms with Crippen molar-refractivity contribution in [2.24, 2.45) is 0 Å². The number of hydrogen-bond donors (Lipinski definition) is 2. The Bertz CT molecular complexity index is 1400. The van der Waals surface area contributed by atoms with Gasteiger partial charge in [-0.05, 0) is 64.3 Å². The molecule has 0 radical (unpaired) electrons. The van der Waals surface area contributed by atoms with E-state index in [-0.39, 0.29) is 11.2 Å². The SMILES string of the molecule is CCOc1cncc(-c2cnc(C(=O)N[C@@H](CCN3CCCC3)c3cc(NS(=O)(=O)C4CCCC4)ccn3)s2)n1. The van der Waals surface area contributed by atoms with Gasteiger partial charge in [-0.3, -0.25) is 19.5 Å². The Labute approximate surface area is 238 Å². The van der Waals surface area contributed by atoms with Crippen molar-refractivity contribution in [2.45, 2.75) is 63.2 Å². The van der Waals surface area contributed by atoms with E-state index in [0.717, 1.165) is 32.5 Å². The van der Waals surface area contributed by atoms with Crippen molar-refractivity contribution in [1.82, 2.24) is 30.2 Å². The molecule has 1 aliphatic carbocycles. The van der Waals surface area contributed by atoms with Gasteiger partial charge in [0.05, 0.1) is 46.6 Å². The number of sulfonamides is 1. The Hall–Kier alpha value is -3.16. The van der Waals surface area contributed by atoms with Gasteiger partial charge in [0.1, 0.15) is 5.69 Å². The van der Waals surface area contributed by atoms with E-state index >= 15 is 0 Å². The van der Waals surface area contributed by atoms with Crippen molar-refractivity contribution >= 4 is 33.0 Å². The highest BCUT2D eigenvalue weighted by Crippen LogP contribution is 2.29. The van der Waals surface area contributed by atoms with E-state index in [0.29, 0.717) is 58.7 Å². The first-order chi connectivity index (χ1) is 19.4. The topological polar surface area (TPSA) is 139 Å². The first-order valence-electron chi connectivity index (χ1n) is 13.8. The Morgan fingerprint density at radius 3 is 2.73 bits per heavy atom. The van der Waals surface area contributed by atoms with Crippen LogP contribution in [-0.2, 0) is 10.0 Å². The lowest BCUT2D eigenvalue weighted by atomic mass is 10.1. The van der Waals surface area contributed by atoms with Crippen molar-refractivity contribution in [2.75, 3.05) is 31.0 Å². The molecule has 0 bridgehead atoms. The van der Waals surface area contributed by atoms with Crippen molar-refractivity contribution in [1.29, 1.82) is 0 Å². The van der Waals surface area contributed by atoms with Crippen molar-refractivity contribution < 1.29 is 17.9 Å². The number of nitrogens with zero attached hydrogens (tertiary/aromatic N) is 5. The van der Waals surface area contributed by atoms with Crippen LogP contribution in [0.15, 0.2) is 36.9 Å². The molecular formula is C27H35N7O4S2. The fourth-order valence-corrected chi connectivity index (χ4v) is 7.51. The molecule has 0 aromatic carbocycles. The fraction of sp³-hybridized carbons (Fsp3) is 0.519. The van der Waals surface area contributed by atoms with Crippen LogP contribution in [0, 0.1) is 0 Å². The molecule has 13 heteroatoms. The van der Waals surface area contributed by atoms with Crippen LogP contribution in [0.3, 0.4) is 0 Å². The quantitative estimate of drug-likeness (QED) is 0.322. The molecule has 214 valence electrons. The van der Waals surface area contributed by atoms with Crippen LogP contribution in [0.2, 0.25) is 0 Å². The monoisotopic (exact) mass is 585 g/mol. The zero-order valence-corrected chi connectivity index (χ0v) is 24.2. The normalized spacial score (nSPS) is 17.1. The first kappa shape index (κ1) is 28.4. The highest BCUT2D eigenvalue weighted by atomic mass is 32.2. The molecule has 11 nitrogen and oxygen atoms in total. The Morgan fingerprint density at radius 2 is 1.95 bits per heavy atom. The van der Waals surface area contributed by atoms with E-state index < -0.39 is 16.1 Å². The van der Waals surface area contributed by atoms with Crippen LogP contribution in [0.5, 0.6) is 5.88 Å². The Balaban J connectivity index is 1.33. The van der Waals surface area contributed by atoms with Gasteiger partial charge < -0.3 is 15.0 Å². The molecule has 2 fully saturated rings. The number of rotatable bonds is 12. The lowest BCUT2D eigenvalue weighted by Gasteiger charge is -2.22. The van der Waals surface area contributed by atoms with Gasteiger partial charge in [-0.1, -0.05) is 12.8 Å². The summed E-state index contributed by atoms with van der Waals surface area (Å²) in [6.07, 6.45) is 12.5. The largest absolute Gasteiger partial charge is 0.477 e. The molecule has 1 amide bonds. The summed E-state index contributed by atoms with van der Waals surface area (Å²) >= 11 is 1.22. The summed E-state index contributed by atoms with van der Waals surface area (Å²) in [4.78, 5) is 33.9. The van der Waals surface area contributed by atoms with Crippen LogP contribution in [-0.4, -0.2) is 70.7 Å². The molecule has 1 aliphatic heterocycles. The summed E-state index contributed by atoms with van der Waals surface area (Å²) in [6, 6.07) is 2.96. The summed E-state index contributed by atoms with van der Waals surface area (Å²) in [7, 11) is -3.48. The molecule has 2 aliphatic rings. The van der Waals surface area contributed by atoms with Gasteiger partial charge in [-0.2, -0.15) is 0 Å². The number of thiazole rings is 1. The number of anilines is 1. The summed E-state index contributed by atoms with van der Waals surface area (Å²) in [5, 5.41) is 3.02. The minimum atomic E-state index is -3.48. The van der Waals surface area contributed by atoms with Gasteiger partial charge in [-0.15, -0.1) is 11.3 Å². The molecule has 1 saturated heterocycles. The predicted molar refractivity (Wildman–Crippen MR) is 154 cm³/mol. The van der Waals surface area contributed by atoms with Gasteiger partial charge in [0.2, 0.25) is 15.9 Å². The molecule has 1 atom stereocenters. The van der Waals surface area contributed by atoms with Crippen LogP contribution < -0.4 is 14.8 Å². The minimum Gasteiger partial charge on any atom is -0.477 e. The lowest BCUT2D eigenvalue weighted by Crippen LogP contribution is -2.32. The molecule has 2 N–H and O–H groups in total. The number of amides is 1. The number of ether oxygens (including phenoxy) is 1. The van der Waals surface area contributed by atoms with Crippen LogP contribution in [0.1, 0.15) is 73.4 Å². The molecule has 3 aromatic heterocycles.